The average Bonchev–Trinajstić information content (AvgIpc) is 3.29. The van der Waals surface area contributed by atoms with Crippen LogP contribution >= 0.6 is 11.3 Å². The molecule has 31 heavy (non-hydrogen) atoms. The van der Waals surface area contributed by atoms with Gasteiger partial charge in [-0.1, -0.05) is 84.9 Å². The number of benzene rings is 3. The largest absolute Gasteiger partial charge is 0.192 e. The number of hydrogen-bond donors (Lipinski definition) is 0. The van der Waals surface area contributed by atoms with Crippen molar-refractivity contribution in [2.45, 2.75) is 0 Å². The van der Waals surface area contributed by atoms with E-state index in [0.29, 0.717) is 0 Å². The van der Waals surface area contributed by atoms with Gasteiger partial charge in [0.05, 0.1) is 0 Å². The lowest BCUT2D eigenvalue weighted by Gasteiger charge is -2.10. The molecule has 0 bridgehead atoms. The van der Waals surface area contributed by atoms with Gasteiger partial charge in [-0.05, 0) is 52.1 Å². The monoisotopic (exact) mass is 414 g/mol. The van der Waals surface area contributed by atoms with Crippen LogP contribution in [0.4, 0.5) is 0 Å². The molecule has 0 aliphatic carbocycles. The van der Waals surface area contributed by atoms with Gasteiger partial charge in [0.2, 0.25) is 0 Å². The first-order valence-corrected chi connectivity index (χ1v) is 10.6. The highest BCUT2D eigenvalue weighted by Crippen LogP contribution is 2.31. The van der Waals surface area contributed by atoms with E-state index in [2.05, 4.69) is 54.6 Å². The van der Waals surface area contributed by atoms with E-state index in [0.717, 1.165) is 26.5 Å². The van der Waals surface area contributed by atoms with Gasteiger partial charge >= 0.3 is 0 Å². The topological polar surface area (TPSA) is 47.6 Å². The fraction of sp³-hybridized carbons (Fsp3) is 0. The Morgan fingerprint density at radius 3 is 1.71 bits per heavy atom. The summed E-state index contributed by atoms with van der Waals surface area (Å²) >= 11 is 1.55. The van der Waals surface area contributed by atoms with Gasteiger partial charge in [-0.25, -0.2) is 0 Å². The van der Waals surface area contributed by atoms with Crippen molar-refractivity contribution in [1.29, 1.82) is 10.5 Å². The normalized spacial score (nSPS) is 10.7. The molecule has 0 fully saturated rings. The van der Waals surface area contributed by atoms with E-state index < -0.39 is 0 Å². The Kier molecular flexibility index (Phi) is 6.19. The molecule has 0 N–H and O–H groups in total. The third kappa shape index (κ3) is 4.87. The quantitative estimate of drug-likeness (QED) is 0.319. The van der Waals surface area contributed by atoms with Crippen LogP contribution in [0.15, 0.2) is 103 Å². The maximum atomic E-state index is 8.99. The second-order valence-electron chi connectivity index (χ2n) is 6.89. The molecule has 0 aliphatic rings. The maximum absolute atomic E-state index is 8.99. The lowest BCUT2D eigenvalue weighted by Crippen LogP contribution is -1.88. The van der Waals surface area contributed by atoms with Crippen LogP contribution in [0.2, 0.25) is 0 Å². The van der Waals surface area contributed by atoms with Gasteiger partial charge in [-0.15, -0.1) is 11.3 Å². The molecule has 1 aromatic heterocycles. The van der Waals surface area contributed by atoms with Gasteiger partial charge in [0.15, 0.2) is 0 Å². The Morgan fingerprint density at radius 2 is 1.10 bits per heavy atom. The Hall–Kier alpha value is -4.18. The third-order valence-corrected chi connectivity index (χ3v) is 5.83. The van der Waals surface area contributed by atoms with Crippen LogP contribution in [0.3, 0.4) is 0 Å². The molecule has 2 nitrogen and oxygen atoms in total. The van der Waals surface area contributed by atoms with Crippen LogP contribution in [0.1, 0.15) is 20.9 Å². The number of nitriles is 2. The Bertz CT molecular complexity index is 1300. The minimum atomic E-state index is 0.108. The second-order valence-corrected chi connectivity index (χ2v) is 8.04. The SMILES string of the molecule is N#CC(C#N)=Cc1ccc(/C=C(\c2ccccc2)c2ccc(-c3ccccc3)cc2)s1. The summed E-state index contributed by atoms with van der Waals surface area (Å²) in [5, 5.41) is 18.0. The van der Waals surface area contributed by atoms with E-state index >= 15 is 0 Å². The highest BCUT2D eigenvalue weighted by molar-refractivity contribution is 7.13. The number of rotatable bonds is 5. The highest BCUT2D eigenvalue weighted by atomic mass is 32.1. The zero-order valence-corrected chi connectivity index (χ0v) is 17.5. The molecular formula is C28H18N2S. The molecule has 146 valence electrons. The molecule has 0 saturated heterocycles. The fourth-order valence-electron chi connectivity index (χ4n) is 3.32. The molecule has 3 heteroatoms. The highest BCUT2D eigenvalue weighted by Gasteiger charge is 2.08. The Labute approximate surface area is 186 Å². The van der Waals surface area contributed by atoms with Crippen LogP contribution in [0.25, 0.3) is 28.9 Å². The first kappa shape index (κ1) is 20.1. The van der Waals surface area contributed by atoms with E-state index in [1.54, 1.807) is 17.4 Å². The van der Waals surface area contributed by atoms with Crippen molar-refractivity contribution in [2.24, 2.45) is 0 Å². The lowest BCUT2D eigenvalue weighted by atomic mass is 9.95. The fourth-order valence-corrected chi connectivity index (χ4v) is 4.22. The molecule has 0 radical (unpaired) electrons. The van der Waals surface area contributed by atoms with Crippen LogP contribution < -0.4 is 0 Å². The zero-order chi connectivity index (χ0) is 21.5. The van der Waals surface area contributed by atoms with E-state index in [1.165, 1.54) is 11.1 Å². The molecule has 0 saturated carbocycles. The summed E-state index contributed by atoms with van der Waals surface area (Å²) in [5.41, 5.74) is 5.87. The van der Waals surface area contributed by atoms with Crippen molar-refractivity contribution in [1.82, 2.24) is 0 Å². The van der Waals surface area contributed by atoms with E-state index in [-0.39, 0.29) is 5.57 Å². The zero-order valence-electron chi connectivity index (χ0n) is 16.7. The molecule has 0 aliphatic heterocycles. The van der Waals surface area contributed by atoms with Crippen molar-refractivity contribution in [3.8, 4) is 23.3 Å². The molecule has 0 atom stereocenters. The molecule has 1 heterocycles. The number of hydrogen-bond acceptors (Lipinski definition) is 3. The van der Waals surface area contributed by atoms with Gasteiger partial charge in [-0.2, -0.15) is 10.5 Å². The molecule has 3 aromatic carbocycles. The van der Waals surface area contributed by atoms with Crippen LogP contribution in [-0.2, 0) is 0 Å². The summed E-state index contributed by atoms with van der Waals surface area (Å²) in [4.78, 5) is 1.95. The summed E-state index contributed by atoms with van der Waals surface area (Å²) in [7, 11) is 0. The standard InChI is InChI=1S/C28H18N2S/c29-19-21(20-30)17-26-15-16-27(31-26)18-28(24-9-5-2-6-10-24)25-13-11-23(12-14-25)22-7-3-1-4-8-22/h1-18H/b28-18+. The average molecular weight is 415 g/mol. The first-order valence-electron chi connectivity index (χ1n) is 9.81. The summed E-state index contributed by atoms with van der Waals surface area (Å²) in [5.74, 6) is 0. The molecule has 4 aromatic rings. The first-order chi connectivity index (χ1) is 15.3. The molecule has 0 unspecified atom stereocenters. The Morgan fingerprint density at radius 1 is 0.581 bits per heavy atom. The maximum Gasteiger partial charge on any atom is 0.131 e. The van der Waals surface area contributed by atoms with Gasteiger partial charge < -0.3 is 0 Å². The van der Waals surface area contributed by atoms with Crippen LogP contribution in [0, 0.1) is 22.7 Å². The van der Waals surface area contributed by atoms with E-state index in [9.17, 15) is 0 Å². The Balaban J connectivity index is 1.73. The predicted octanol–water partition coefficient (Wildman–Crippen LogP) is 7.43. The van der Waals surface area contributed by atoms with Gasteiger partial charge in [0.1, 0.15) is 17.7 Å². The van der Waals surface area contributed by atoms with Crippen LogP contribution in [-0.4, -0.2) is 0 Å². The smallest absolute Gasteiger partial charge is 0.131 e. The van der Waals surface area contributed by atoms with Crippen molar-refractivity contribution in [3.05, 3.63) is 124 Å². The van der Waals surface area contributed by atoms with Gasteiger partial charge in [0.25, 0.3) is 0 Å². The minimum Gasteiger partial charge on any atom is -0.192 e. The van der Waals surface area contributed by atoms with Crippen molar-refractivity contribution >= 4 is 29.1 Å². The van der Waals surface area contributed by atoms with Crippen molar-refractivity contribution in [2.75, 3.05) is 0 Å². The second kappa shape index (κ2) is 9.55. The lowest BCUT2D eigenvalue weighted by molar-refractivity contribution is 1.47. The predicted molar refractivity (Wildman–Crippen MR) is 129 cm³/mol. The van der Waals surface area contributed by atoms with Gasteiger partial charge in [-0.3, -0.25) is 0 Å². The molecular weight excluding hydrogens is 396 g/mol. The molecule has 0 amide bonds. The minimum absolute atomic E-state index is 0.108. The van der Waals surface area contributed by atoms with E-state index in [4.69, 9.17) is 10.5 Å². The third-order valence-electron chi connectivity index (χ3n) is 4.85. The summed E-state index contributed by atoms with van der Waals surface area (Å²) in [6, 6.07) is 37.0. The number of allylic oxidation sites excluding steroid dienone is 1. The van der Waals surface area contributed by atoms with Crippen molar-refractivity contribution < 1.29 is 0 Å². The van der Waals surface area contributed by atoms with E-state index in [1.807, 2.05) is 60.7 Å². The van der Waals surface area contributed by atoms with Crippen molar-refractivity contribution in [3.63, 3.8) is 0 Å². The van der Waals surface area contributed by atoms with Crippen LogP contribution in [0.5, 0.6) is 0 Å². The summed E-state index contributed by atoms with van der Waals surface area (Å²) in [6.45, 7) is 0. The number of nitrogens with zero attached hydrogens (tertiary/aromatic N) is 2. The molecule has 0 spiro atoms. The number of thiophene rings is 1. The summed E-state index contributed by atoms with van der Waals surface area (Å²) < 4.78 is 0. The van der Waals surface area contributed by atoms with Gasteiger partial charge in [0, 0.05) is 9.75 Å². The molecule has 4 rings (SSSR count). The summed E-state index contributed by atoms with van der Waals surface area (Å²) in [6.07, 6.45) is 3.78.